The summed E-state index contributed by atoms with van der Waals surface area (Å²) in [4.78, 5) is 27.3. The lowest BCUT2D eigenvalue weighted by molar-refractivity contribution is -0.149. The minimum atomic E-state index is -2.21. The molecule has 1 aliphatic heterocycles. The van der Waals surface area contributed by atoms with Crippen molar-refractivity contribution in [1.29, 1.82) is 0 Å². The van der Waals surface area contributed by atoms with Gasteiger partial charge in [-0.3, -0.25) is 9.59 Å². The Hall–Kier alpha value is -3.88. The number of halogens is 2. The van der Waals surface area contributed by atoms with Gasteiger partial charge in [-0.25, -0.2) is 4.39 Å². The predicted molar refractivity (Wildman–Crippen MR) is 133 cm³/mol. The van der Waals surface area contributed by atoms with Crippen molar-refractivity contribution in [3.63, 3.8) is 0 Å². The molecular formula is C26H22ClFN4O3. The summed E-state index contributed by atoms with van der Waals surface area (Å²) in [7, 11) is 0. The molecule has 4 N–H and O–H groups in total. The van der Waals surface area contributed by atoms with Crippen LogP contribution in [0.15, 0.2) is 72.9 Å². The average molecular weight is 493 g/mol. The molecule has 4 aromatic rings. The maximum Gasteiger partial charge on any atom is 0.268 e. The van der Waals surface area contributed by atoms with Gasteiger partial charge in [0.15, 0.2) is 0 Å². The van der Waals surface area contributed by atoms with E-state index in [0.29, 0.717) is 16.9 Å². The van der Waals surface area contributed by atoms with Crippen molar-refractivity contribution in [2.75, 3.05) is 17.2 Å². The van der Waals surface area contributed by atoms with Gasteiger partial charge in [-0.05, 0) is 60.2 Å². The first-order valence-corrected chi connectivity index (χ1v) is 11.4. The number of aliphatic hydroxyl groups is 1. The highest BCUT2D eigenvalue weighted by Gasteiger charge is 2.51. The molecular weight excluding hydrogens is 471 g/mol. The lowest BCUT2D eigenvalue weighted by Crippen LogP contribution is -2.52. The fourth-order valence-electron chi connectivity index (χ4n) is 4.42. The zero-order valence-corrected chi connectivity index (χ0v) is 19.3. The minimum Gasteiger partial charge on any atom is -0.397 e. The quantitative estimate of drug-likeness (QED) is 0.291. The topological polar surface area (TPSA) is 101 Å². The first-order valence-electron chi connectivity index (χ1n) is 11.0. The first-order chi connectivity index (χ1) is 16.8. The molecule has 5 rings (SSSR count). The van der Waals surface area contributed by atoms with E-state index in [1.807, 2.05) is 53.2 Å². The van der Waals surface area contributed by atoms with E-state index in [-0.39, 0.29) is 24.5 Å². The molecule has 0 radical (unpaired) electrons. The zero-order valence-electron chi connectivity index (χ0n) is 18.5. The molecule has 0 unspecified atom stereocenters. The molecule has 1 saturated heterocycles. The lowest BCUT2D eigenvalue weighted by atomic mass is 10.0. The molecule has 35 heavy (non-hydrogen) atoms. The van der Waals surface area contributed by atoms with Gasteiger partial charge in [-0.15, -0.1) is 0 Å². The van der Waals surface area contributed by atoms with Crippen molar-refractivity contribution in [3.8, 4) is 5.69 Å². The maximum absolute atomic E-state index is 13.5. The third-order valence-corrected chi connectivity index (χ3v) is 6.45. The molecule has 3 aromatic carbocycles. The van der Waals surface area contributed by atoms with Gasteiger partial charge in [0.25, 0.3) is 11.8 Å². The van der Waals surface area contributed by atoms with Crippen LogP contribution in [0, 0.1) is 5.82 Å². The van der Waals surface area contributed by atoms with Crippen LogP contribution in [-0.2, 0) is 16.1 Å². The molecule has 0 aliphatic carbocycles. The zero-order chi connectivity index (χ0) is 24.7. The number of nitrogens with two attached hydrogens (primary N) is 1. The van der Waals surface area contributed by atoms with Gasteiger partial charge in [0.1, 0.15) is 5.82 Å². The molecule has 2 heterocycles. The Balaban J connectivity index is 1.35. The second-order valence-corrected chi connectivity index (χ2v) is 8.95. The number of nitrogens with zero attached hydrogens (tertiary/aromatic N) is 2. The van der Waals surface area contributed by atoms with E-state index in [2.05, 4.69) is 5.32 Å². The number of carbonyl (C=O) groups excluding carboxylic acids is 2. The van der Waals surface area contributed by atoms with Crippen LogP contribution in [0.4, 0.5) is 15.8 Å². The molecule has 1 aliphatic rings. The average Bonchev–Trinajstić information content (AvgIpc) is 3.38. The van der Waals surface area contributed by atoms with Crippen molar-refractivity contribution in [3.05, 3.63) is 89.3 Å². The number of benzene rings is 3. The van der Waals surface area contributed by atoms with Crippen molar-refractivity contribution in [2.24, 2.45) is 0 Å². The number of hydrogen-bond acceptors (Lipinski definition) is 4. The standard InChI is InChI=1S/C26H22ClFN4O3/c27-18-11-16(12-19(28)14-18)15-30-24(33)26(35)8-10-31(25(26)34)20-5-6-22-17(13-20)7-9-32(22)23-4-2-1-3-21(23)29/h1-7,9,11-14,35H,8,10,15,29H2,(H,30,33)/t26-/m0/s1. The van der Waals surface area contributed by atoms with Crippen LogP contribution in [0.1, 0.15) is 12.0 Å². The smallest absolute Gasteiger partial charge is 0.268 e. The molecule has 178 valence electrons. The summed E-state index contributed by atoms with van der Waals surface area (Å²) in [6, 6.07) is 18.8. The summed E-state index contributed by atoms with van der Waals surface area (Å²) in [5.41, 5.74) is 7.29. The molecule has 0 saturated carbocycles. The number of aromatic nitrogens is 1. The molecule has 1 atom stereocenters. The number of anilines is 2. The fourth-order valence-corrected chi connectivity index (χ4v) is 4.66. The van der Waals surface area contributed by atoms with Gasteiger partial charge in [-0.1, -0.05) is 23.7 Å². The van der Waals surface area contributed by atoms with Gasteiger partial charge in [0, 0.05) is 41.8 Å². The van der Waals surface area contributed by atoms with Crippen LogP contribution < -0.4 is 16.0 Å². The first kappa shape index (κ1) is 22.9. The van der Waals surface area contributed by atoms with Gasteiger partial charge < -0.3 is 25.6 Å². The molecule has 1 fully saturated rings. The molecule has 2 amide bonds. The summed E-state index contributed by atoms with van der Waals surface area (Å²) in [5.74, 6) is -2.08. The van der Waals surface area contributed by atoms with Crippen LogP contribution in [0.5, 0.6) is 0 Å². The highest BCUT2D eigenvalue weighted by atomic mass is 35.5. The van der Waals surface area contributed by atoms with Gasteiger partial charge in [0.2, 0.25) is 5.60 Å². The Kier molecular flexibility index (Phi) is 5.70. The summed E-state index contributed by atoms with van der Waals surface area (Å²) >= 11 is 5.84. The normalized spacial score (nSPS) is 17.8. The largest absolute Gasteiger partial charge is 0.397 e. The Morgan fingerprint density at radius 2 is 1.94 bits per heavy atom. The fraction of sp³-hybridized carbons (Fsp3) is 0.154. The van der Waals surface area contributed by atoms with E-state index in [4.69, 9.17) is 17.3 Å². The Labute approximate surface area is 205 Å². The van der Waals surface area contributed by atoms with E-state index in [1.54, 1.807) is 6.07 Å². The van der Waals surface area contributed by atoms with Crippen molar-refractivity contribution >= 4 is 45.7 Å². The molecule has 0 bridgehead atoms. The summed E-state index contributed by atoms with van der Waals surface area (Å²) in [6.07, 6.45) is 1.83. The van der Waals surface area contributed by atoms with Crippen LogP contribution in [0.3, 0.4) is 0 Å². The van der Waals surface area contributed by atoms with Crippen LogP contribution in [0.25, 0.3) is 16.6 Å². The second-order valence-electron chi connectivity index (χ2n) is 8.52. The molecule has 0 spiro atoms. The Morgan fingerprint density at radius 1 is 1.14 bits per heavy atom. The predicted octanol–water partition coefficient (Wildman–Crippen LogP) is 3.79. The van der Waals surface area contributed by atoms with E-state index < -0.39 is 23.2 Å². The highest BCUT2D eigenvalue weighted by molar-refractivity contribution is 6.30. The van der Waals surface area contributed by atoms with Crippen molar-refractivity contribution in [2.45, 2.75) is 18.6 Å². The van der Waals surface area contributed by atoms with E-state index in [9.17, 15) is 19.1 Å². The van der Waals surface area contributed by atoms with Crippen LogP contribution in [-0.4, -0.2) is 33.6 Å². The van der Waals surface area contributed by atoms with Crippen LogP contribution in [0.2, 0.25) is 5.02 Å². The number of fused-ring (bicyclic) bond motifs is 1. The lowest BCUT2D eigenvalue weighted by Gasteiger charge is -2.22. The third kappa shape index (κ3) is 4.11. The van der Waals surface area contributed by atoms with Crippen LogP contribution >= 0.6 is 11.6 Å². The summed E-state index contributed by atoms with van der Waals surface area (Å²) < 4.78 is 15.5. The van der Waals surface area contributed by atoms with Crippen molar-refractivity contribution < 1.29 is 19.1 Å². The van der Waals surface area contributed by atoms with Gasteiger partial charge >= 0.3 is 0 Å². The summed E-state index contributed by atoms with van der Waals surface area (Å²) in [5, 5.41) is 14.5. The number of nitrogens with one attached hydrogen (secondary N) is 1. The Bertz CT molecular complexity index is 1450. The molecule has 9 heteroatoms. The highest BCUT2D eigenvalue weighted by Crippen LogP contribution is 2.32. The van der Waals surface area contributed by atoms with E-state index in [1.165, 1.54) is 17.0 Å². The van der Waals surface area contributed by atoms with Crippen molar-refractivity contribution in [1.82, 2.24) is 9.88 Å². The minimum absolute atomic E-state index is 0.0683. The number of amides is 2. The number of rotatable bonds is 5. The number of hydrogen-bond donors (Lipinski definition) is 3. The van der Waals surface area contributed by atoms with Gasteiger partial charge in [-0.2, -0.15) is 0 Å². The second kappa shape index (κ2) is 8.72. The summed E-state index contributed by atoms with van der Waals surface area (Å²) in [6.45, 7) is 0.0976. The van der Waals surface area contributed by atoms with E-state index in [0.717, 1.165) is 22.7 Å². The Morgan fingerprint density at radius 3 is 2.71 bits per heavy atom. The molecule has 1 aromatic heterocycles. The van der Waals surface area contributed by atoms with E-state index >= 15 is 0 Å². The SMILES string of the molecule is Nc1ccccc1-n1ccc2cc(N3CC[C@](O)(C(=O)NCc4cc(F)cc(Cl)c4)C3=O)ccc21. The van der Waals surface area contributed by atoms with Gasteiger partial charge in [0.05, 0.1) is 16.9 Å². The monoisotopic (exact) mass is 492 g/mol. The number of nitrogen functional groups attached to an aromatic ring is 1. The maximum atomic E-state index is 13.5. The third-order valence-electron chi connectivity index (χ3n) is 6.23. The number of para-hydroxylation sites is 2. The molecule has 7 nitrogen and oxygen atoms in total. The number of carbonyl (C=O) groups is 2.